The van der Waals surface area contributed by atoms with Crippen LogP contribution in [0.4, 0.5) is 0 Å². The molecule has 1 amide bonds. The van der Waals surface area contributed by atoms with Crippen LogP contribution in [0.2, 0.25) is 0 Å². The van der Waals surface area contributed by atoms with Gasteiger partial charge in [0, 0.05) is 12.1 Å². The second-order valence-electron chi connectivity index (χ2n) is 7.34. The summed E-state index contributed by atoms with van der Waals surface area (Å²) in [5.41, 5.74) is 3.80. The Labute approximate surface area is 182 Å². The average Bonchev–Trinajstić information content (AvgIpc) is 2.80. The molecule has 2 atom stereocenters. The fourth-order valence-corrected chi connectivity index (χ4v) is 3.47. The maximum Gasteiger partial charge on any atom is 0.313 e. The molecule has 31 heavy (non-hydrogen) atoms. The Hall–Kier alpha value is -3.44. The number of benzene rings is 3. The van der Waals surface area contributed by atoms with Crippen molar-refractivity contribution in [3.8, 4) is 11.1 Å². The quantitative estimate of drug-likeness (QED) is 0.536. The Morgan fingerprint density at radius 3 is 2.26 bits per heavy atom. The molecule has 5 nitrogen and oxygen atoms in total. The lowest BCUT2D eigenvalue weighted by Gasteiger charge is -2.22. The molecule has 0 aliphatic heterocycles. The highest BCUT2D eigenvalue weighted by Crippen LogP contribution is 2.26. The van der Waals surface area contributed by atoms with Gasteiger partial charge in [0.25, 0.3) is 5.91 Å². The minimum atomic E-state index is -1.09. The molecule has 0 saturated heterocycles. The second kappa shape index (κ2) is 10.5. The van der Waals surface area contributed by atoms with E-state index in [0.29, 0.717) is 11.1 Å². The Bertz CT molecular complexity index is 1020. The van der Waals surface area contributed by atoms with Gasteiger partial charge in [0.05, 0.1) is 12.7 Å². The van der Waals surface area contributed by atoms with Crippen LogP contribution in [0.3, 0.4) is 0 Å². The summed E-state index contributed by atoms with van der Waals surface area (Å²) in [6, 6.07) is 24.3. The fraction of sp³-hybridized carbons (Fsp3) is 0.231. The Kier molecular flexibility index (Phi) is 7.57. The summed E-state index contributed by atoms with van der Waals surface area (Å²) >= 11 is 0. The van der Waals surface area contributed by atoms with Gasteiger partial charge in [-0.3, -0.25) is 9.59 Å². The Balaban J connectivity index is 1.83. The molecule has 0 radical (unpaired) electrons. The van der Waals surface area contributed by atoms with E-state index in [9.17, 15) is 14.7 Å². The number of aryl methyl sites for hydroxylation is 1. The number of hydrogen-bond donors (Lipinski definition) is 2. The van der Waals surface area contributed by atoms with E-state index in [2.05, 4.69) is 5.32 Å². The van der Waals surface area contributed by atoms with E-state index in [1.165, 1.54) is 0 Å². The van der Waals surface area contributed by atoms with Crippen molar-refractivity contribution in [2.45, 2.75) is 20.0 Å². The van der Waals surface area contributed by atoms with Crippen LogP contribution in [0.25, 0.3) is 11.1 Å². The lowest BCUT2D eigenvalue weighted by molar-refractivity contribution is -0.151. The maximum absolute atomic E-state index is 13.1. The molecule has 0 aliphatic rings. The van der Waals surface area contributed by atoms with E-state index >= 15 is 0 Å². The van der Waals surface area contributed by atoms with Gasteiger partial charge in [0.1, 0.15) is 5.92 Å². The van der Waals surface area contributed by atoms with Gasteiger partial charge in [0.2, 0.25) is 0 Å². The SMILES string of the molecule is CCOC(=O)[C@H](CNC(=O)c1cc(C)ccc1-c1ccccc1)[C@H](O)c1ccccc1. The van der Waals surface area contributed by atoms with Crippen molar-refractivity contribution in [1.82, 2.24) is 5.32 Å². The number of nitrogens with one attached hydrogen (secondary N) is 1. The molecule has 0 aromatic heterocycles. The van der Waals surface area contributed by atoms with E-state index in [1.54, 1.807) is 31.2 Å². The summed E-state index contributed by atoms with van der Waals surface area (Å²) in [4.78, 5) is 25.6. The summed E-state index contributed by atoms with van der Waals surface area (Å²) in [6.45, 7) is 3.78. The highest BCUT2D eigenvalue weighted by atomic mass is 16.5. The standard InChI is InChI=1S/C26H27NO4/c1-3-31-26(30)23(24(28)20-12-8-5-9-13-20)17-27-25(29)22-16-18(2)14-15-21(22)19-10-6-4-7-11-19/h4-16,23-24,28H,3,17H2,1-2H3,(H,27,29)/t23-,24-/m1/s1. The molecule has 0 heterocycles. The minimum absolute atomic E-state index is 0.0457. The van der Waals surface area contributed by atoms with E-state index in [1.807, 2.05) is 61.5 Å². The molecule has 0 fully saturated rings. The van der Waals surface area contributed by atoms with Crippen molar-refractivity contribution >= 4 is 11.9 Å². The third-order valence-corrected chi connectivity index (χ3v) is 5.10. The molecule has 0 spiro atoms. The van der Waals surface area contributed by atoms with Gasteiger partial charge in [0.15, 0.2) is 0 Å². The summed E-state index contributed by atoms with van der Waals surface area (Å²) < 4.78 is 5.15. The summed E-state index contributed by atoms with van der Waals surface area (Å²) in [6.07, 6.45) is -1.09. The topological polar surface area (TPSA) is 75.6 Å². The predicted molar refractivity (Wildman–Crippen MR) is 120 cm³/mol. The van der Waals surface area contributed by atoms with Gasteiger partial charge >= 0.3 is 5.97 Å². The van der Waals surface area contributed by atoms with E-state index in [-0.39, 0.29) is 19.1 Å². The number of ether oxygens (including phenoxy) is 1. The fourth-order valence-electron chi connectivity index (χ4n) is 3.47. The first-order valence-electron chi connectivity index (χ1n) is 10.3. The van der Waals surface area contributed by atoms with Gasteiger partial charge in [-0.1, -0.05) is 78.4 Å². The summed E-state index contributed by atoms with van der Waals surface area (Å²) in [7, 11) is 0. The number of hydrogen-bond acceptors (Lipinski definition) is 4. The van der Waals surface area contributed by atoms with Crippen LogP contribution in [0.1, 0.15) is 34.5 Å². The normalized spacial score (nSPS) is 12.6. The highest BCUT2D eigenvalue weighted by Gasteiger charge is 2.30. The van der Waals surface area contributed by atoms with Crippen molar-refractivity contribution in [3.63, 3.8) is 0 Å². The molecular weight excluding hydrogens is 390 g/mol. The zero-order valence-corrected chi connectivity index (χ0v) is 17.7. The van der Waals surface area contributed by atoms with Crippen LogP contribution in [-0.4, -0.2) is 30.1 Å². The molecule has 0 saturated carbocycles. The van der Waals surface area contributed by atoms with Crippen molar-refractivity contribution in [2.24, 2.45) is 5.92 Å². The lowest BCUT2D eigenvalue weighted by Crippen LogP contribution is -2.37. The number of aliphatic hydroxyl groups excluding tert-OH is 1. The number of esters is 1. The molecular formula is C26H27NO4. The lowest BCUT2D eigenvalue weighted by atomic mass is 9.94. The molecule has 2 N–H and O–H groups in total. The molecule has 0 bridgehead atoms. The van der Waals surface area contributed by atoms with E-state index < -0.39 is 18.0 Å². The van der Waals surface area contributed by atoms with Crippen LogP contribution < -0.4 is 5.32 Å². The highest BCUT2D eigenvalue weighted by molar-refractivity contribution is 6.01. The maximum atomic E-state index is 13.1. The summed E-state index contributed by atoms with van der Waals surface area (Å²) in [5.74, 6) is -1.78. The van der Waals surface area contributed by atoms with E-state index in [0.717, 1.165) is 16.7 Å². The zero-order valence-electron chi connectivity index (χ0n) is 17.7. The molecule has 160 valence electrons. The molecule has 0 unspecified atom stereocenters. The first-order valence-corrected chi connectivity index (χ1v) is 10.3. The van der Waals surface area contributed by atoms with Crippen LogP contribution in [0.15, 0.2) is 78.9 Å². The summed E-state index contributed by atoms with van der Waals surface area (Å²) in [5, 5.41) is 13.6. The molecule has 5 heteroatoms. The second-order valence-corrected chi connectivity index (χ2v) is 7.34. The van der Waals surface area contributed by atoms with Crippen molar-refractivity contribution < 1.29 is 19.4 Å². The van der Waals surface area contributed by atoms with Gasteiger partial charge in [-0.05, 0) is 36.6 Å². The first kappa shape index (κ1) is 22.2. The average molecular weight is 418 g/mol. The number of aliphatic hydroxyl groups is 1. The third-order valence-electron chi connectivity index (χ3n) is 5.10. The zero-order chi connectivity index (χ0) is 22.2. The van der Waals surface area contributed by atoms with Gasteiger partial charge < -0.3 is 15.2 Å². The predicted octanol–water partition coefficient (Wildman–Crippen LogP) is 4.30. The Morgan fingerprint density at radius 2 is 1.61 bits per heavy atom. The van der Waals surface area contributed by atoms with Crippen LogP contribution >= 0.6 is 0 Å². The number of rotatable bonds is 8. The van der Waals surface area contributed by atoms with Crippen LogP contribution in [0.5, 0.6) is 0 Å². The minimum Gasteiger partial charge on any atom is -0.466 e. The smallest absolute Gasteiger partial charge is 0.313 e. The largest absolute Gasteiger partial charge is 0.466 e. The number of carbonyl (C=O) groups is 2. The molecule has 3 rings (SSSR count). The van der Waals surface area contributed by atoms with Gasteiger partial charge in [-0.15, -0.1) is 0 Å². The first-order chi connectivity index (χ1) is 15.0. The van der Waals surface area contributed by atoms with Crippen molar-refractivity contribution in [1.29, 1.82) is 0 Å². The van der Waals surface area contributed by atoms with Gasteiger partial charge in [-0.25, -0.2) is 0 Å². The van der Waals surface area contributed by atoms with Crippen molar-refractivity contribution in [2.75, 3.05) is 13.2 Å². The molecule has 0 aliphatic carbocycles. The third kappa shape index (κ3) is 5.58. The van der Waals surface area contributed by atoms with Crippen molar-refractivity contribution in [3.05, 3.63) is 95.6 Å². The Morgan fingerprint density at radius 1 is 0.968 bits per heavy atom. The monoisotopic (exact) mass is 417 g/mol. The number of amides is 1. The van der Waals surface area contributed by atoms with E-state index in [4.69, 9.17) is 4.74 Å². The molecule has 3 aromatic carbocycles. The van der Waals surface area contributed by atoms with Crippen LogP contribution in [0, 0.1) is 12.8 Å². The number of carbonyl (C=O) groups excluding carboxylic acids is 2. The van der Waals surface area contributed by atoms with Gasteiger partial charge in [-0.2, -0.15) is 0 Å². The molecule has 3 aromatic rings. The van der Waals surface area contributed by atoms with Crippen LogP contribution in [-0.2, 0) is 9.53 Å².